The van der Waals surface area contributed by atoms with Gasteiger partial charge in [0.25, 0.3) is 5.91 Å². The van der Waals surface area contributed by atoms with Gasteiger partial charge in [-0.3, -0.25) is 15.0 Å². The van der Waals surface area contributed by atoms with E-state index in [1.165, 1.54) is 7.11 Å². The predicted octanol–water partition coefficient (Wildman–Crippen LogP) is 2.15. The van der Waals surface area contributed by atoms with Crippen molar-refractivity contribution in [2.75, 3.05) is 20.2 Å². The van der Waals surface area contributed by atoms with Gasteiger partial charge in [-0.25, -0.2) is 9.97 Å². The number of hydrogen-bond donors (Lipinski definition) is 2. The van der Waals surface area contributed by atoms with Crippen molar-refractivity contribution in [3.63, 3.8) is 0 Å². The summed E-state index contributed by atoms with van der Waals surface area (Å²) in [5.41, 5.74) is 8.87. The lowest BCUT2D eigenvalue weighted by Crippen LogP contribution is -2.39. The number of carbonyl (C=O) groups excluding carboxylic acids is 2. The Bertz CT molecular complexity index is 918. The molecule has 8 heteroatoms. The average Bonchev–Trinajstić information content (AvgIpc) is 2.73. The Balaban J connectivity index is 1.65. The quantitative estimate of drug-likeness (QED) is 0.454. The number of hydrogen-bond acceptors (Lipinski definition) is 6. The summed E-state index contributed by atoms with van der Waals surface area (Å²) in [6.07, 6.45) is 5.20. The van der Waals surface area contributed by atoms with Gasteiger partial charge in [0, 0.05) is 43.0 Å². The summed E-state index contributed by atoms with van der Waals surface area (Å²) in [7, 11) is 1.39. The van der Waals surface area contributed by atoms with E-state index in [2.05, 4.69) is 9.97 Å². The first-order valence-corrected chi connectivity index (χ1v) is 9.52. The first kappa shape index (κ1) is 20.4. The van der Waals surface area contributed by atoms with Crippen LogP contribution in [0.25, 0.3) is 11.1 Å². The second-order valence-corrected chi connectivity index (χ2v) is 7.25. The van der Waals surface area contributed by atoms with Gasteiger partial charge >= 0.3 is 5.97 Å². The molecule has 3 rings (SSSR count). The number of aromatic nitrogens is 2. The van der Waals surface area contributed by atoms with Crippen molar-refractivity contribution < 1.29 is 14.3 Å². The highest BCUT2D eigenvalue weighted by Crippen LogP contribution is 2.24. The molecule has 2 aromatic rings. The van der Waals surface area contributed by atoms with Gasteiger partial charge in [0.05, 0.1) is 7.11 Å². The molecule has 1 amide bonds. The molecule has 0 atom stereocenters. The van der Waals surface area contributed by atoms with Crippen LogP contribution < -0.4 is 5.73 Å². The number of amides is 1. The van der Waals surface area contributed by atoms with Gasteiger partial charge < -0.3 is 15.4 Å². The van der Waals surface area contributed by atoms with E-state index in [9.17, 15) is 9.59 Å². The Morgan fingerprint density at radius 2 is 1.90 bits per heavy atom. The molecular formula is C21H25N5O3. The van der Waals surface area contributed by atoms with E-state index in [4.69, 9.17) is 15.9 Å². The third-order valence-corrected chi connectivity index (χ3v) is 5.28. The maximum Gasteiger partial charge on any atom is 0.305 e. The summed E-state index contributed by atoms with van der Waals surface area (Å²) in [6, 6.07) is 5.50. The SMILES string of the molecule is COC(=O)CC1CCN(C(=O)c2ncc(-c3ccc(C(=N)N)cc3C)cn2)CC1. The van der Waals surface area contributed by atoms with Gasteiger partial charge in [-0.15, -0.1) is 0 Å². The van der Waals surface area contributed by atoms with Crippen LogP contribution >= 0.6 is 0 Å². The van der Waals surface area contributed by atoms with Crippen molar-refractivity contribution in [1.29, 1.82) is 5.41 Å². The van der Waals surface area contributed by atoms with E-state index in [1.54, 1.807) is 23.4 Å². The molecule has 0 radical (unpaired) electrons. The van der Waals surface area contributed by atoms with Crippen molar-refractivity contribution in [1.82, 2.24) is 14.9 Å². The molecule has 1 saturated heterocycles. The molecule has 0 unspecified atom stereocenters. The molecule has 2 heterocycles. The normalized spacial score (nSPS) is 14.5. The van der Waals surface area contributed by atoms with Gasteiger partial charge in [0.15, 0.2) is 0 Å². The highest BCUT2D eigenvalue weighted by atomic mass is 16.5. The first-order valence-electron chi connectivity index (χ1n) is 9.52. The summed E-state index contributed by atoms with van der Waals surface area (Å²) >= 11 is 0. The summed E-state index contributed by atoms with van der Waals surface area (Å²) < 4.78 is 4.71. The van der Waals surface area contributed by atoms with E-state index < -0.39 is 0 Å². The monoisotopic (exact) mass is 395 g/mol. The molecule has 1 fully saturated rings. The fourth-order valence-corrected chi connectivity index (χ4v) is 3.53. The van der Waals surface area contributed by atoms with Crippen LogP contribution in [0.5, 0.6) is 0 Å². The minimum absolute atomic E-state index is 0.0206. The van der Waals surface area contributed by atoms with Crippen molar-refractivity contribution in [2.24, 2.45) is 11.7 Å². The van der Waals surface area contributed by atoms with Crippen LogP contribution in [0, 0.1) is 18.3 Å². The zero-order chi connectivity index (χ0) is 21.0. The lowest BCUT2D eigenvalue weighted by molar-refractivity contribution is -0.142. The second kappa shape index (κ2) is 8.81. The summed E-state index contributed by atoms with van der Waals surface area (Å²) in [5.74, 6) is 0.0261. The van der Waals surface area contributed by atoms with Gasteiger partial charge in [-0.05, 0) is 42.9 Å². The predicted molar refractivity (Wildman–Crippen MR) is 108 cm³/mol. The molecule has 0 bridgehead atoms. The number of methoxy groups -OCH3 is 1. The van der Waals surface area contributed by atoms with E-state index in [-0.39, 0.29) is 29.5 Å². The van der Waals surface area contributed by atoms with Crippen molar-refractivity contribution in [2.45, 2.75) is 26.2 Å². The Kier molecular flexibility index (Phi) is 6.21. The van der Waals surface area contributed by atoms with Gasteiger partial charge in [-0.1, -0.05) is 12.1 Å². The van der Waals surface area contributed by atoms with Crippen LogP contribution in [0.4, 0.5) is 0 Å². The molecule has 0 aliphatic carbocycles. The van der Waals surface area contributed by atoms with Crippen LogP contribution in [0.3, 0.4) is 0 Å². The maximum absolute atomic E-state index is 12.7. The number of likely N-dealkylation sites (tertiary alicyclic amines) is 1. The third-order valence-electron chi connectivity index (χ3n) is 5.28. The minimum atomic E-state index is -0.208. The Morgan fingerprint density at radius 3 is 2.45 bits per heavy atom. The van der Waals surface area contributed by atoms with Crippen molar-refractivity contribution in [3.05, 3.63) is 47.5 Å². The smallest absolute Gasteiger partial charge is 0.305 e. The van der Waals surface area contributed by atoms with Crippen molar-refractivity contribution in [3.8, 4) is 11.1 Å². The molecule has 152 valence electrons. The van der Waals surface area contributed by atoms with Crippen LogP contribution in [-0.4, -0.2) is 52.8 Å². The van der Waals surface area contributed by atoms with Crippen LogP contribution in [0.2, 0.25) is 0 Å². The van der Waals surface area contributed by atoms with Crippen molar-refractivity contribution >= 4 is 17.7 Å². The molecule has 0 spiro atoms. The highest BCUT2D eigenvalue weighted by Gasteiger charge is 2.26. The fraction of sp³-hybridized carbons (Fsp3) is 0.381. The molecule has 1 aliphatic heterocycles. The summed E-state index contributed by atoms with van der Waals surface area (Å²) in [4.78, 5) is 34.4. The number of rotatable bonds is 5. The zero-order valence-electron chi connectivity index (χ0n) is 16.6. The molecule has 0 saturated carbocycles. The number of amidine groups is 1. The Labute approximate surface area is 169 Å². The third kappa shape index (κ3) is 4.77. The first-order chi connectivity index (χ1) is 13.9. The lowest BCUT2D eigenvalue weighted by atomic mass is 9.93. The second-order valence-electron chi connectivity index (χ2n) is 7.25. The summed E-state index contributed by atoms with van der Waals surface area (Å²) in [5, 5.41) is 7.52. The number of nitrogens with two attached hydrogens (primary N) is 1. The molecule has 29 heavy (non-hydrogen) atoms. The lowest BCUT2D eigenvalue weighted by Gasteiger charge is -2.31. The number of carbonyl (C=O) groups is 2. The molecule has 1 aromatic heterocycles. The van der Waals surface area contributed by atoms with E-state index >= 15 is 0 Å². The van der Waals surface area contributed by atoms with E-state index in [0.717, 1.165) is 29.5 Å². The number of piperidine rings is 1. The maximum atomic E-state index is 12.7. The van der Waals surface area contributed by atoms with Gasteiger partial charge in [0.2, 0.25) is 5.82 Å². The molecule has 1 aliphatic rings. The average molecular weight is 395 g/mol. The summed E-state index contributed by atoms with van der Waals surface area (Å²) in [6.45, 7) is 3.09. The largest absolute Gasteiger partial charge is 0.469 e. The van der Waals surface area contributed by atoms with E-state index in [0.29, 0.717) is 25.1 Å². The van der Waals surface area contributed by atoms with Crippen LogP contribution in [0.15, 0.2) is 30.6 Å². The number of benzene rings is 1. The number of nitrogen functional groups attached to an aromatic ring is 1. The zero-order valence-corrected chi connectivity index (χ0v) is 16.6. The number of nitrogens with one attached hydrogen (secondary N) is 1. The molecule has 8 nitrogen and oxygen atoms in total. The Morgan fingerprint density at radius 1 is 1.24 bits per heavy atom. The number of esters is 1. The molecule has 1 aromatic carbocycles. The molecule has 3 N–H and O–H groups in total. The van der Waals surface area contributed by atoms with Gasteiger partial charge in [-0.2, -0.15) is 0 Å². The fourth-order valence-electron chi connectivity index (χ4n) is 3.53. The number of aryl methyl sites for hydroxylation is 1. The van der Waals surface area contributed by atoms with Gasteiger partial charge in [0.1, 0.15) is 5.84 Å². The van der Waals surface area contributed by atoms with Crippen LogP contribution in [-0.2, 0) is 9.53 Å². The highest BCUT2D eigenvalue weighted by molar-refractivity contribution is 5.95. The molecular weight excluding hydrogens is 370 g/mol. The number of ether oxygens (including phenoxy) is 1. The van der Waals surface area contributed by atoms with Crippen LogP contribution in [0.1, 0.15) is 41.0 Å². The van der Waals surface area contributed by atoms with E-state index in [1.807, 2.05) is 19.1 Å². The Hall–Kier alpha value is -3.29. The topological polar surface area (TPSA) is 122 Å². The number of nitrogens with zero attached hydrogens (tertiary/aromatic N) is 3. The minimum Gasteiger partial charge on any atom is -0.469 e. The standard InChI is InChI=1S/C21H25N5O3/c1-13-9-15(19(22)23)3-4-17(13)16-11-24-20(25-12-16)21(28)26-7-5-14(6-8-26)10-18(27)29-2/h3-4,9,11-12,14H,5-8,10H2,1-2H3,(H3,22,23).